The molecule has 5 rings (SSSR count). The van der Waals surface area contributed by atoms with Crippen molar-refractivity contribution in [2.75, 3.05) is 19.7 Å². The fourth-order valence-corrected chi connectivity index (χ4v) is 6.25. The number of hydrogen-bond donors (Lipinski definition) is 1. The van der Waals surface area contributed by atoms with Crippen LogP contribution in [-0.4, -0.2) is 76.2 Å². The zero-order chi connectivity index (χ0) is 26.0. The number of likely N-dealkylation sites (tertiary alicyclic amines) is 1. The third kappa shape index (κ3) is 4.73. The van der Waals surface area contributed by atoms with Crippen molar-refractivity contribution >= 4 is 17.8 Å². The Hall–Kier alpha value is -2.97. The van der Waals surface area contributed by atoms with E-state index in [1.807, 2.05) is 61.6 Å². The molecule has 198 valence electrons. The maximum Gasteiger partial charge on any atom is 0.313 e. The molecule has 0 aliphatic carbocycles. The summed E-state index contributed by atoms with van der Waals surface area (Å²) in [5, 5.41) is 9.21. The molecular formula is C29H36N2O6. The van der Waals surface area contributed by atoms with Gasteiger partial charge in [-0.25, -0.2) is 0 Å². The number of nitrogens with zero attached hydrogens (tertiary/aromatic N) is 2. The van der Waals surface area contributed by atoms with Gasteiger partial charge in [0, 0.05) is 26.2 Å². The summed E-state index contributed by atoms with van der Waals surface area (Å²) < 4.78 is 12.4. The van der Waals surface area contributed by atoms with Gasteiger partial charge in [0.05, 0.1) is 18.1 Å². The Morgan fingerprint density at radius 3 is 2.65 bits per heavy atom. The minimum atomic E-state index is -1.24. The zero-order valence-electron chi connectivity index (χ0n) is 21.3. The summed E-state index contributed by atoms with van der Waals surface area (Å²) in [4.78, 5) is 45.0. The van der Waals surface area contributed by atoms with Crippen LogP contribution in [0.15, 0.2) is 54.6 Å². The van der Waals surface area contributed by atoms with E-state index in [4.69, 9.17) is 9.47 Å². The summed E-state index contributed by atoms with van der Waals surface area (Å²) in [6.45, 7) is 3.12. The lowest BCUT2D eigenvalue weighted by Gasteiger charge is -2.35. The molecule has 0 aromatic heterocycles. The van der Waals surface area contributed by atoms with Crippen molar-refractivity contribution in [3.05, 3.63) is 60.2 Å². The van der Waals surface area contributed by atoms with E-state index in [0.717, 1.165) is 18.4 Å². The average molecular weight is 509 g/mol. The molecule has 6 atom stereocenters. The normalized spacial score (nSPS) is 34.1. The molecule has 4 aliphatic rings. The van der Waals surface area contributed by atoms with Crippen LogP contribution < -0.4 is 0 Å². The molecule has 2 amide bonds. The van der Waals surface area contributed by atoms with E-state index < -0.39 is 35.6 Å². The van der Waals surface area contributed by atoms with Crippen LogP contribution in [0.5, 0.6) is 0 Å². The van der Waals surface area contributed by atoms with Crippen LogP contribution >= 0.6 is 0 Å². The average Bonchev–Trinajstić information content (AvgIpc) is 3.29. The van der Waals surface area contributed by atoms with Crippen LogP contribution in [0.4, 0.5) is 0 Å². The number of aliphatic hydroxyl groups is 1. The Morgan fingerprint density at radius 2 is 1.86 bits per heavy atom. The summed E-state index contributed by atoms with van der Waals surface area (Å²) in [5.74, 6) is -2.50. The van der Waals surface area contributed by atoms with E-state index in [9.17, 15) is 19.5 Å². The molecule has 1 aromatic rings. The summed E-state index contributed by atoms with van der Waals surface area (Å²) >= 11 is 0. The standard InChI is InChI=1S/C29H36N2O6/c1-20-11-6-7-14-22-23(28(35)36-20)24-26(33)31(17-8-3-9-18-32)25-27(34)30(16-10-15-29(24,25)37-22)19-21-12-4-2-5-13-21/h2,4-5,7,10,12-15,20,22-25,32H,3,6,8-9,11,16-19H2,1H3/b14-7-/t20?,22-,23?,24+,25-,29?/m1/s1. The van der Waals surface area contributed by atoms with Crippen LogP contribution in [-0.2, 0) is 30.4 Å². The highest BCUT2D eigenvalue weighted by Gasteiger charge is 2.71. The molecule has 8 nitrogen and oxygen atoms in total. The Bertz CT molecular complexity index is 1070. The van der Waals surface area contributed by atoms with Crippen LogP contribution in [0.1, 0.15) is 44.6 Å². The molecule has 3 unspecified atom stereocenters. The molecule has 4 aliphatic heterocycles. The maximum atomic E-state index is 14.2. The Balaban J connectivity index is 1.52. The van der Waals surface area contributed by atoms with Crippen molar-refractivity contribution in [3.8, 4) is 0 Å². The second-order valence-electron chi connectivity index (χ2n) is 10.5. The molecular weight excluding hydrogens is 472 g/mol. The molecule has 1 aromatic carbocycles. The predicted octanol–water partition coefficient (Wildman–Crippen LogP) is 2.61. The number of allylic oxidation sites excluding steroid dienone is 1. The largest absolute Gasteiger partial charge is 0.462 e. The summed E-state index contributed by atoms with van der Waals surface area (Å²) in [6.07, 6.45) is 10.2. The molecule has 4 heterocycles. The number of carbonyl (C=O) groups excluding carboxylic acids is 3. The van der Waals surface area contributed by atoms with Crippen molar-refractivity contribution < 1.29 is 29.0 Å². The van der Waals surface area contributed by atoms with Gasteiger partial charge in [0.15, 0.2) is 0 Å². The van der Waals surface area contributed by atoms with E-state index in [0.29, 0.717) is 38.9 Å². The summed E-state index contributed by atoms with van der Waals surface area (Å²) in [6, 6.07) is 8.91. The van der Waals surface area contributed by atoms with E-state index in [2.05, 4.69) is 0 Å². The van der Waals surface area contributed by atoms with Gasteiger partial charge >= 0.3 is 5.97 Å². The van der Waals surface area contributed by atoms with Crippen molar-refractivity contribution in [2.45, 2.75) is 69.4 Å². The van der Waals surface area contributed by atoms with Gasteiger partial charge in [-0.3, -0.25) is 14.4 Å². The molecule has 8 heteroatoms. The van der Waals surface area contributed by atoms with Gasteiger partial charge in [-0.1, -0.05) is 54.6 Å². The minimum Gasteiger partial charge on any atom is -0.462 e. The SMILES string of the molecule is CC1CC/C=C\[C@H]2OC34C=CCN(Cc5ccccc5)C(=O)[C@H]3N(CCCCCO)C(=O)[C@@H]4C2C(=O)O1. The van der Waals surface area contributed by atoms with Crippen LogP contribution in [0.3, 0.4) is 0 Å². The lowest BCUT2D eigenvalue weighted by atomic mass is 9.78. The third-order valence-corrected chi connectivity index (χ3v) is 8.01. The quantitative estimate of drug-likeness (QED) is 0.346. The number of rotatable bonds is 7. The highest BCUT2D eigenvalue weighted by molar-refractivity contribution is 5.99. The number of fused-ring (bicyclic) bond motifs is 2. The number of cyclic esters (lactones) is 1. The number of amides is 2. The van der Waals surface area contributed by atoms with E-state index in [-0.39, 0.29) is 24.5 Å². The number of ether oxygens (including phenoxy) is 2. The molecule has 2 fully saturated rings. The molecule has 37 heavy (non-hydrogen) atoms. The minimum absolute atomic E-state index is 0.0830. The number of aliphatic hydroxyl groups excluding tert-OH is 1. The topological polar surface area (TPSA) is 96.4 Å². The monoisotopic (exact) mass is 508 g/mol. The molecule has 1 N–H and O–H groups in total. The second kappa shape index (κ2) is 10.8. The Labute approximate surface area is 217 Å². The van der Waals surface area contributed by atoms with Crippen LogP contribution in [0.25, 0.3) is 0 Å². The van der Waals surface area contributed by atoms with Crippen LogP contribution in [0.2, 0.25) is 0 Å². The van der Waals surface area contributed by atoms with Crippen molar-refractivity contribution in [1.82, 2.24) is 9.80 Å². The molecule has 1 spiro atoms. The zero-order valence-corrected chi connectivity index (χ0v) is 21.3. The number of esters is 1. The van der Waals surface area contributed by atoms with Crippen LogP contribution in [0, 0.1) is 11.8 Å². The first-order chi connectivity index (χ1) is 18.0. The molecule has 2 saturated heterocycles. The van der Waals surface area contributed by atoms with Crippen molar-refractivity contribution in [2.24, 2.45) is 11.8 Å². The lowest BCUT2D eigenvalue weighted by Crippen LogP contribution is -2.55. The van der Waals surface area contributed by atoms with Gasteiger partial charge in [0.2, 0.25) is 11.8 Å². The lowest BCUT2D eigenvalue weighted by molar-refractivity contribution is -0.158. The van der Waals surface area contributed by atoms with Gasteiger partial charge in [-0.2, -0.15) is 0 Å². The highest BCUT2D eigenvalue weighted by atomic mass is 16.6. The third-order valence-electron chi connectivity index (χ3n) is 8.01. The van der Waals surface area contributed by atoms with Crippen molar-refractivity contribution in [1.29, 1.82) is 0 Å². The number of carbonyl (C=O) groups is 3. The molecule has 0 radical (unpaired) electrons. The number of benzene rings is 1. The van der Waals surface area contributed by atoms with Gasteiger partial charge in [-0.05, 0) is 44.6 Å². The highest BCUT2D eigenvalue weighted by Crippen LogP contribution is 2.53. The van der Waals surface area contributed by atoms with E-state index in [1.54, 1.807) is 9.80 Å². The number of hydrogen-bond acceptors (Lipinski definition) is 6. The van der Waals surface area contributed by atoms with E-state index >= 15 is 0 Å². The maximum absolute atomic E-state index is 14.2. The number of unbranched alkanes of at least 4 members (excludes halogenated alkanes) is 2. The van der Waals surface area contributed by atoms with Gasteiger partial charge in [-0.15, -0.1) is 0 Å². The second-order valence-corrected chi connectivity index (χ2v) is 10.5. The predicted molar refractivity (Wildman–Crippen MR) is 136 cm³/mol. The summed E-state index contributed by atoms with van der Waals surface area (Å²) in [7, 11) is 0. The first kappa shape index (κ1) is 25.7. The van der Waals surface area contributed by atoms with Gasteiger partial charge in [0.25, 0.3) is 0 Å². The Morgan fingerprint density at radius 1 is 1.05 bits per heavy atom. The molecule has 0 saturated carbocycles. The smallest absolute Gasteiger partial charge is 0.313 e. The fraction of sp³-hybridized carbons (Fsp3) is 0.552. The van der Waals surface area contributed by atoms with Gasteiger partial charge < -0.3 is 24.4 Å². The van der Waals surface area contributed by atoms with E-state index in [1.165, 1.54) is 0 Å². The van der Waals surface area contributed by atoms with Crippen molar-refractivity contribution in [3.63, 3.8) is 0 Å². The van der Waals surface area contributed by atoms with Gasteiger partial charge in [0.1, 0.15) is 17.6 Å². The Kier molecular flexibility index (Phi) is 7.49. The first-order valence-corrected chi connectivity index (χ1v) is 13.4. The fourth-order valence-electron chi connectivity index (χ4n) is 6.25. The first-order valence-electron chi connectivity index (χ1n) is 13.4. The summed E-state index contributed by atoms with van der Waals surface area (Å²) in [5.41, 5.74) is -0.237. The molecule has 0 bridgehead atoms.